The van der Waals surface area contributed by atoms with Crippen LogP contribution in [0.5, 0.6) is 0 Å². The van der Waals surface area contributed by atoms with Crippen LogP contribution in [0, 0.1) is 0 Å². The normalized spacial score (nSPS) is 15.2. The van der Waals surface area contributed by atoms with Crippen LogP contribution in [0.1, 0.15) is 39.3 Å². The fraction of sp³-hybridized carbons (Fsp3) is 0.400. The second-order valence-corrected chi connectivity index (χ2v) is 8.66. The monoisotopic (exact) mass is 344 g/mol. The van der Waals surface area contributed by atoms with E-state index in [-0.39, 0.29) is 10.8 Å². The van der Waals surface area contributed by atoms with E-state index in [0.717, 1.165) is 10.9 Å². The number of benzene rings is 1. The summed E-state index contributed by atoms with van der Waals surface area (Å²) in [5, 5.41) is 1.86. The summed E-state index contributed by atoms with van der Waals surface area (Å²) in [6, 6.07) is 7.35. The predicted octanol–water partition coefficient (Wildman–Crippen LogP) is 4.65. The first-order valence-corrected chi connectivity index (χ1v) is 8.53. The largest absolute Gasteiger partial charge is 0.598 e. The summed E-state index contributed by atoms with van der Waals surface area (Å²) >= 11 is 11.2. The first-order valence-electron chi connectivity index (χ1n) is 6.63. The van der Waals surface area contributed by atoms with Gasteiger partial charge in [0.15, 0.2) is 0 Å². The third kappa shape index (κ3) is 3.82. The molecule has 2 rings (SSSR count). The fourth-order valence-corrected chi connectivity index (χ4v) is 3.19. The van der Waals surface area contributed by atoms with Crippen LogP contribution in [0.15, 0.2) is 24.3 Å². The third-order valence-electron chi connectivity index (χ3n) is 3.08. The van der Waals surface area contributed by atoms with Gasteiger partial charge in [-0.2, -0.15) is 0 Å². The van der Waals surface area contributed by atoms with E-state index in [4.69, 9.17) is 23.2 Å². The smallest absolute Gasteiger partial charge is 0.136 e. The Bertz CT molecular complexity index is 658. The number of para-hydroxylation sites is 1. The Balaban J connectivity index is 2.36. The molecule has 0 radical (unpaired) electrons. The number of pyridine rings is 1. The Morgan fingerprint density at radius 1 is 1.29 bits per heavy atom. The molecule has 1 aromatic heterocycles. The summed E-state index contributed by atoms with van der Waals surface area (Å²) < 4.78 is 14.9. The van der Waals surface area contributed by atoms with Gasteiger partial charge < -0.3 is 4.55 Å². The van der Waals surface area contributed by atoms with E-state index in [9.17, 15) is 4.55 Å². The number of rotatable bonds is 3. The summed E-state index contributed by atoms with van der Waals surface area (Å²) in [7, 11) is 0. The van der Waals surface area contributed by atoms with Crippen molar-refractivity contribution in [3.63, 3.8) is 0 Å². The van der Waals surface area contributed by atoms with Gasteiger partial charge in [0.1, 0.15) is 9.90 Å². The van der Waals surface area contributed by atoms with Crippen LogP contribution in [-0.4, -0.2) is 14.3 Å². The first kappa shape index (κ1) is 16.8. The molecular formula is C15H18Cl2N2OS. The molecule has 0 bridgehead atoms. The summed E-state index contributed by atoms with van der Waals surface area (Å²) in [6.07, 6.45) is 0. The van der Waals surface area contributed by atoms with Crippen LogP contribution in [0.4, 0.5) is 0 Å². The highest BCUT2D eigenvalue weighted by Crippen LogP contribution is 2.30. The van der Waals surface area contributed by atoms with Gasteiger partial charge in [0.2, 0.25) is 0 Å². The highest BCUT2D eigenvalue weighted by Gasteiger charge is 2.29. The second kappa shape index (κ2) is 6.31. The zero-order valence-electron chi connectivity index (χ0n) is 12.4. The fourth-order valence-electron chi connectivity index (χ4n) is 1.86. The van der Waals surface area contributed by atoms with E-state index in [1.165, 1.54) is 0 Å². The zero-order valence-corrected chi connectivity index (χ0v) is 14.7. The van der Waals surface area contributed by atoms with Crippen LogP contribution in [0.2, 0.25) is 10.2 Å². The Morgan fingerprint density at radius 2 is 1.95 bits per heavy atom. The SMILES string of the molecule is C[C@H](N[S@+]([O-])C(C)(C)C)c1cc2cccc(Cl)c2nc1Cl. The summed E-state index contributed by atoms with van der Waals surface area (Å²) in [6.45, 7) is 7.68. The van der Waals surface area contributed by atoms with Crippen molar-refractivity contribution >= 4 is 45.5 Å². The number of hydrogen-bond donors (Lipinski definition) is 1. The van der Waals surface area contributed by atoms with E-state index in [1.807, 2.05) is 45.9 Å². The molecule has 1 aromatic carbocycles. The van der Waals surface area contributed by atoms with Gasteiger partial charge >= 0.3 is 0 Å². The van der Waals surface area contributed by atoms with E-state index in [2.05, 4.69) is 9.71 Å². The highest BCUT2D eigenvalue weighted by molar-refractivity contribution is 7.90. The molecule has 0 amide bonds. The van der Waals surface area contributed by atoms with Crippen molar-refractivity contribution in [2.24, 2.45) is 0 Å². The molecule has 0 unspecified atom stereocenters. The molecule has 0 fully saturated rings. The van der Waals surface area contributed by atoms with E-state index < -0.39 is 11.4 Å². The summed E-state index contributed by atoms with van der Waals surface area (Å²) in [5.74, 6) is 0. The molecule has 114 valence electrons. The summed E-state index contributed by atoms with van der Waals surface area (Å²) in [4.78, 5) is 4.36. The Hall–Kier alpha value is -0.520. The average molecular weight is 345 g/mol. The topological polar surface area (TPSA) is 48.0 Å². The van der Waals surface area contributed by atoms with Crippen molar-refractivity contribution in [1.29, 1.82) is 0 Å². The molecule has 1 heterocycles. The maximum Gasteiger partial charge on any atom is 0.136 e. The van der Waals surface area contributed by atoms with Crippen molar-refractivity contribution in [2.75, 3.05) is 0 Å². The molecule has 3 nitrogen and oxygen atoms in total. The maximum absolute atomic E-state index is 12.2. The minimum atomic E-state index is -1.18. The van der Waals surface area contributed by atoms with Crippen LogP contribution >= 0.6 is 23.2 Å². The third-order valence-corrected chi connectivity index (χ3v) is 5.37. The Labute approximate surface area is 138 Å². The lowest BCUT2D eigenvalue weighted by Crippen LogP contribution is -2.40. The van der Waals surface area contributed by atoms with Gasteiger partial charge in [0.25, 0.3) is 0 Å². The van der Waals surface area contributed by atoms with E-state index in [1.54, 1.807) is 6.07 Å². The molecule has 0 aliphatic rings. The molecule has 21 heavy (non-hydrogen) atoms. The molecule has 0 aliphatic heterocycles. The minimum absolute atomic E-state index is 0.173. The highest BCUT2D eigenvalue weighted by atomic mass is 35.5. The zero-order chi connectivity index (χ0) is 15.8. The van der Waals surface area contributed by atoms with Crippen molar-refractivity contribution in [1.82, 2.24) is 9.71 Å². The van der Waals surface area contributed by atoms with Gasteiger partial charge in [-0.3, -0.25) is 0 Å². The van der Waals surface area contributed by atoms with Gasteiger partial charge in [0, 0.05) is 22.3 Å². The molecule has 2 aromatic rings. The number of nitrogens with zero attached hydrogens (tertiary/aromatic N) is 1. The van der Waals surface area contributed by atoms with Crippen molar-refractivity contribution in [2.45, 2.75) is 38.5 Å². The number of halogens is 2. The molecule has 2 atom stereocenters. The van der Waals surface area contributed by atoms with Crippen LogP contribution < -0.4 is 4.72 Å². The lowest BCUT2D eigenvalue weighted by molar-refractivity contribution is 0.531. The minimum Gasteiger partial charge on any atom is -0.598 e. The van der Waals surface area contributed by atoms with Crippen molar-refractivity contribution in [3.8, 4) is 0 Å². The van der Waals surface area contributed by atoms with Crippen LogP contribution in [0.25, 0.3) is 10.9 Å². The van der Waals surface area contributed by atoms with Gasteiger partial charge in [-0.1, -0.05) is 35.3 Å². The maximum atomic E-state index is 12.2. The van der Waals surface area contributed by atoms with Crippen molar-refractivity contribution in [3.05, 3.63) is 40.0 Å². The number of aromatic nitrogens is 1. The lowest BCUT2D eigenvalue weighted by atomic mass is 10.1. The van der Waals surface area contributed by atoms with Crippen LogP contribution in [0.3, 0.4) is 0 Å². The quantitative estimate of drug-likeness (QED) is 0.650. The van der Waals surface area contributed by atoms with E-state index >= 15 is 0 Å². The Morgan fingerprint density at radius 3 is 2.57 bits per heavy atom. The standard InChI is InChI=1S/C15H18Cl2N2OS/c1-9(19-21(20)15(2,3)4)11-8-10-6-5-7-12(16)13(10)18-14(11)17/h5-9,19H,1-4H3/t9-,21+/m0/s1. The molecule has 6 heteroatoms. The molecule has 1 N–H and O–H groups in total. The number of hydrogen-bond acceptors (Lipinski definition) is 3. The molecule has 0 saturated carbocycles. The van der Waals surface area contributed by atoms with Crippen molar-refractivity contribution < 1.29 is 4.55 Å². The molecule has 0 spiro atoms. The van der Waals surface area contributed by atoms with Crippen LogP contribution in [-0.2, 0) is 11.4 Å². The van der Waals surface area contributed by atoms with Gasteiger partial charge in [-0.05, 0) is 39.8 Å². The van der Waals surface area contributed by atoms with Gasteiger partial charge in [-0.15, -0.1) is 4.72 Å². The second-order valence-electron chi connectivity index (χ2n) is 5.90. The number of nitrogens with one attached hydrogen (secondary N) is 1. The Kier molecular flexibility index (Phi) is 5.06. The summed E-state index contributed by atoms with van der Waals surface area (Å²) in [5.41, 5.74) is 1.49. The molecular weight excluding hydrogens is 327 g/mol. The molecule has 0 saturated heterocycles. The van der Waals surface area contributed by atoms with Gasteiger partial charge in [-0.25, -0.2) is 4.98 Å². The predicted molar refractivity (Wildman–Crippen MR) is 91.2 cm³/mol. The lowest BCUT2D eigenvalue weighted by Gasteiger charge is -2.26. The van der Waals surface area contributed by atoms with Gasteiger partial charge in [0.05, 0.1) is 16.6 Å². The molecule has 0 aliphatic carbocycles. The van der Waals surface area contributed by atoms with E-state index in [0.29, 0.717) is 15.7 Å². The average Bonchev–Trinajstić information content (AvgIpc) is 2.38. The number of fused-ring (bicyclic) bond motifs is 1. The first-order chi connectivity index (χ1) is 9.70.